The minimum Gasteiger partial charge on any atom is -0.369 e. The number of nitrogens with zero attached hydrogens (tertiary/aromatic N) is 2. The molecule has 104 valence electrons. The highest BCUT2D eigenvalue weighted by molar-refractivity contribution is 5.46. The molecule has 1 aliphatic carbocycles. The Morgan fingerprint density at radius 1 is 1.00 bits per heavy atom. The monoisotopic (exact) mass is 259 g/mol. The third-order valence-corrected chi connectivity index (χ3v) is 4.59. The molecular formula is C16H25N3. The van der Waals surface area contributed by atoms with E-state index in [1.54, 1.807) is 0 Å². The minimum atomic E-state index is 0.468. The maximum atomic E-state index is 6.00. The van der Waals surface area contributed by atoms with Crippen molar-refractivity contribution in [3.8, 4) is 0 Å². The molecule has 0 radical (unpaired) electrons. The fourth-order valence-electron chi connectivity index (χ4n) is 3.47. The lowest BCUT2D eigenvalue weighted by molar-refractivity contribution is 0.219. The molecule has 1 saturated carbocycles. The molecule has 0 unspecified atom stereocenters. The zero-order valence-electron chi connectivity index (χ0n) is 11.7. The van der Waals surface area contributed by atoms with Gasteiger partial charge in [-0.25, -0.2) is 0 Å². The molecular weight excluding hydrogens is 234 g/mol. The summed E-state index contributed by atoms with van der Waals surface area (Å²) in [6.07, 6.45) is 3.80. The van der Waals surface area contributed by atoms with Crippen molar-refractivity contribution in [2.75, 3.05) is 37.6 Å². The highest BCUT2D eigenvalue weighted by Crippen LogP contribution is 2.25. The Morgan fingerprint density at radius 3 is 2.37 bits per heavy atom. The summed E-state index contributed by atoms with van der Waals surface area (Å²) in [4.78, 5) is 5.12. The summed E-state index contributed by atoms with van der Waals surface area (Å²) in [6, 6.07) is 11.2. The van der Waals surface area contributed by atoms with Crippen LogP contribution in [0.5, 0.6) is 0 Å². The van der Waals surface area contributed by atoms with Gasteiger partial charge < -0.3 is 10.6 Å². The van der Waals surface area contributed by atoms with Crippen LogP contribution in [-0.4, -0.2) is 43.7 Å². The second-order valence-corrected chi connectivity index (χ2v) is 6.06. The lowest BCUT2D eigenvalue weighted by Crippen LogP contribution is -2.47. The first-order chi connectivity index (χ1) is 9.31. The van der Waals surface area contributed by atoms with Crippen LogP contribution in [0, 0.1) is 5.92 Å². The first kappa shape index (κ1) is 12.9. The van der Waals surface area contributed by atoms with Crippen LogP contribution < -0.4 is 10.6 Å². The molecule has 3 rings (SSSR count). The Labute approximate surface area is 116 Å². The Kier molecular flexibility index (Phi) is 4.04. The van der Waals surface area contributed by atoms with E-state index in [0.717, 1.165) is 19.0 Å². The Morgan fingerprint density at radius 2 is 1.74 bits per heavy atom. The molecule has 2 fully saturated rings. The third-order valence-electron chi connectivity index (χ3n) is 4.59. The highest BCUT2D eigenvalue weighted by atomic mass is 15.3. The van der Waals surface area contributed by atoms with E-state index in [1.165, 1.54) is 44.6 Å². The number of hydrogen-bond donors (Lipinski definition) is 1. The van der Waals surface area contributed by atoms with Crippen LogP contribution in [0.15, 0.2) is 30.3 Å². The minimum absolute atomic E-state index is 0.468. The average Bonchev–Trinajstić information content (AvgIpc) is 2.86. The number of nitrogens with two attached hydrogens (primary N) is 1. The standard InChI is InChI=1S/C16H25N3/c17-15-7-6-14(12-15)13-18-8-10-19(11-9-18)16-4-2-1-3-5-16/h1-5,14-15H,6-13,17H2/t14-,15+/m1/s1. The van der Waals surface area contributed by atoms with Crippen molar-refractivity contribution in [1.82, 2.24) is 4.90 Å². The van der Waals surface area contributed by atoms with Gasteiger partial charge in [-0.2, -0.15) is 0 Å². The van der Waals surface area contributed by atoms with Crippen LogP contribution in [0.2, 0.25) is 0 Å². The molecule has 2 N–H and O–H groups in total. The molecule has 2 atom stereocenters. The van der Waals surface area contributed by atoms with Crippen molar-refractivity contribution >= 4 is 5.69 Å². The van der Waals surface area contributed by atoms with Crippen LogP contribution in [0.1, 0.15) is 19.3 Å². The molecule has 0 amide bonds. The first-order valence-electron chi connectivity index (χ1n) is 7.59. The van der Waals surface area contributed by atoms with Gasteiger partial charge in [0.1, 0.15) is 0 Å². The molecule has 19 heavy (non-hydrogen) atoms. The van der Waals surface area contributed by atoms with Crippen molar-refractivity contribution in [2.45, 2.75) is 25.3 Å². The smallest absolute Gasteiger partial charge is 0.0367 e. The van der Waals surface area contributed by atoms with Gasteiger partial charge >= 0.3 is 0 Å². The van der Waals surface area contributed by atoms with E-state index in [-0.39, 0.29) is 0 Å². The summed E-state index contributed by atoms with van der Waals surface area (Å²) < 4.78 is 0. The zero-order valence-corrected chi connectivity index (χ0v) is 11.7. The summed E-state index contributed by atoms with van der Waals surface area (Å²) in [5.41, 5.74) is 7.37. The van der Waals surface area contributed by atoms with Gasteiger partial charge in [0.2, 0.25) is 0 Å². The SMILES string of the molecule is N[C@H]1CC[C@@H](CN2CCN(c3ccccc3)CC2)C1. The average molecular weight is 259 g/mol. The Bertz CT molecular complexity index is 384. The molecule has 0 aromatic heterocycles. The maximum absolute atomic E-state index is 6.00. The second-order valence-electron chi connectivity index (χ2n) is 6.06. The van der Waals surface area contributed by atoms with E-state index < -0.39 is 0 Å². The molecule has 3 nitrogen and oxygen atoms in total. The summed E-state index contributed by atoms with van der Waals surface area (Å²) >= 11 is 0. The molecule has 1 aliphatic heterocycles. The van der Waals surface area contributed by atoms with Crippen LogP contribution in [0.3, 0.4) is 0 Å². The lowest BCUT2D eigenvalue weighted by Gasteiger charge is -2.37. The van der Waals surface area contributed by atoms with Gasteiger partial charge in [-0.05, 0) is 37.3 Å². The number of hydrogen-bond acceptors (Lipinski definition) is 3. The fourth-order valence-corrected chi connectivity index (χ4v) is 3.47. The zero-order chi connectivity index (χ0) is 13.1. The fraction of sp³-hybridized carbons (Fsp3) is 0.625. The Balaban J connectivity index is 1.47. The van der Waals surface area contributed by atoms with Gasteiger partial charge in [0.05, 0.1) is 0 Å². The van der Waals surface area contributed by atoms with E-state index in [4.69, 9.17) is 5.73 Å². The second kappa shape index (κ2) is 5.93. The van der Waals surface area contributed by atoms with Crippen molar-refractivity contribution in [2.24, 2.45) is 11.7 Å². The van der Waals surface area contributed by atoms with Gasteiger partial charge in [-0.15, -0.1) is 0 Å². The number of piperazine rings is 1. The van der Waals surface area contributed by atoms with Gasteiger partial charge in [-0.3, -0.25) is 4.90 Å². The van der Waals surface area contributed by atoms with Crippen LogP contribution in [-0.2, 0) is 0 Å². The van der Waals surface area contributed by atoms with E-state index in [0.29, 0.717) is 6.04 Å². The highest BCUT2D eigenvalue weighted by Gasteiger charge is 2.25. The largest absolute Gasteiger partial charge is 0.369 e. The quantitative estimate of drug-likeness (QED) is 0.900. The van der Waals surface area contributed by atoms with E-state index in [1.807, 2.05) is 0 Å². The molecule has 0 spiro atoms. The summed E-state index contributed by atoms with van der Waals surface area (Å²) in [6.45, 7) is 5.96. The summed E-state index contributed by atoms with van der Waals surface area (Å²) in [7, 11) is 0. The van der Waals surface area contributed by atoms with Gasteiger partial charge in [0.15, 0.2) is 0 Å². The van der Waals surface area contributed by atoms with E-state index in [9.17, 15) is 0 Å². The summed E-state index contributed by atoms with van der Waals surface area (Å²) in [5, 5.41) is 0. The van der Waals surface area contributed by atoms with Gasteiger partial charge in [0, 0.05) is 44.5 Å². The van der Waals surface area contributed by atoms with Crippen LogP contribution >= 0.6 is 0 Å². The first-order valence-corrected chi connectivity index (χ1v) is 7.59. The molecule has 0 bridgehead atoms. The summed E-state index contributed by atoms with van der Waals surface area (Å²) in [5.74, 6) is 0.846. The molecule has 1 saturated heterocycles. The number of anilines is 1. The topological polar surface area (TPSA) is 32.5 Å². The number of benzene rings is 1. The van der Waals surface area contributed by atoms with Crippen molar-refractivity contribution < 1.29 is 0 Å². The third kappa shape index (κ3) is 3.28. The van der Waals surface area contributed by atoms with Crippen LogP contribution in [0.25, 0.3) is 0 Å². The predicted octanol–water partition coefficient (Wildman–Crippen LogP) is 1.94. The maximum Gasteiger partial charge on any atom is 0.0367 e. The molecule has 1 heterocycles. The normalized spacial score (nSPS) is 28.8. The van der Waals surface area contributed by atoms with E-state index >= 15 is 0 Å². The van der Waals surface area contributed by atoms with Crippen LogP contribution in [0.4, 0.5) is 5.69 Å². The molecule has 3 heteroatoms. The van der Waals surface area contributed by atoms with Gasteiger partial charge in [0.25, 0.3) is 0 Å². The molecule has 2 aliphatic rings. The van der Waals surface area contributed by atoms with Gasteiger partial charge in [-0.1, -0.05) is 18.2 Å². The molecule has 1 aromatic carbocycles. The number of rotatable bonds is 3. The number of para-hydroxylation sites is 1. The Hall–Kier alpha value is -1.06. The lowest BCUT2D eigenvalue weighted by atomic mass is 10.1. The van der Waals surface area contributed by atoms with Crippen molar-refractivity contribution in [3.05, 3.63) is 30.3 Å². The molecule has 1 aromatic rings. The van der Waals surface area contributed by atoms with Crippen molar-refractivity contribution in [3.63, 3.8) is 0 Å². The van der Waals surface area contributed by atoms with Crippen molar-refractivity contribution in [1.29, 1.82) is 0 Å². The predicted molar refractivity (Wildman–Crippen MR) is 80.4 cm³/mol. The van der Waals surface area contributed by atoms with E-state index in [2.05, 4.69) is 40.1 Å².